The van der Waals surface area contributed by atoms with Gasteiger partial charge in [0.05, 0.1) is 9.50 Å². The molecule has 2 heterocycles. The zero-order chi connectivity index (χ0) is 12.6. The Balaban J connectivity index is 2.41. The van der Waals surface area contributed by atoms with E-state index in [-0.39, 0.29) is 5.91 Å². The van der Waals surface area contributed by atoms with Crippen LogP contribution >= 0.6 is 27.5 Å². The molecule has 0 unspecified atom stereocenters. The second-order valence-corrected chi connectivity index (χ2v) is 5.72. The lowest BCUT2D eigenvalue weighted by Gasteiger charge is -2.42. The van der Waals surface area contributed by atoms with Crippen molar-refractivity contribution < 1.29 is 4.79 Å². The Bertz CT molecular complexity index is 464. The number of pyridine rings is 1. The molecule has 0 atom stereocenters. The normalized spacial score (nSPS) is 19.1. The minimum Gasteiger partial charge on any atom is -0.352 e. The number of hydrogen-bond acceptors (Lipinski definition) is 3. The molecule has 1 aliphatic heterocycles. The van der Waals surface area contributed by atoms with Gasteiger partial charge in [0.2, 0.25) is 5.91 Å². The van der Waals surface area contributed by atoms with Gasteiger partial charge in [0.15, 0.2) is 0 Å². The van der Waals surface area contributed by atoms with Gasteiger partial charge in [-0.15, -0.1) is 0 Å². The Hall–Kier alpha value is -0.810. The predicted molar refractivity (Wildman–Crippen MR) is 71.4 cm³/mol. The molecule has 0 aromatic carbocycles. The molecule has 1 N–H and O–H groups in total. The number of piperazine rings is 1. The summed E-state index contributed by atoms with van der Waals surface area (Å²) in [5.74, 6) is 0.752. The number of amides is 1. The van der Waals surface area contributed by atoms with Crippen LogP contribution in [0.5, 0.6) is 0 Å². The van der Waals surface area contributed by atoms with Crippen molar-refractivity contribution in [3.05, 3.63) is 21.8 Å². The van der Waals surface area contributed by atoms with Gasteiger partial charge in [-0.25, -0.2) is 4.98 Å². The van der Waals surface area contributed by atoms with Crippen LogP contribution in [-0.4, -0.2) is 29.5 Å². The van der Waals surface area contributed by atoms with E-state index < -0.39 is 5.54 Å². The van der Waals surface area contributed by atoms with Gasteiger partial charge in [0.1, 0.15) is 11.4 Å². The van der Waals surface area contributed by atoms with Crippen molar-refractivity contribution in [2.75, 3.05) is 18.0 Å². The fourth-order valence-electron chi connectivity index (χ4n) is 1.88. The summed E-state index contributed by atoms with van der Waals surface area (Å²) in [7, 11) is 0. The Morgan fingerprint density at radius 1 is 1.59 bits per heavy atom. The van der Waals surface area contributed by atoms with Crippen molar-refractivity contribution in [1.82, 2.24) is 10.3 Å². The van der Waals surface area contributed by atoms with Crippen LogP contribution < -0.4 is 10.2 Å². The first kappa shape index (κ1) is 12.6. The summed E-state index contributed by atoms with van der Waals surface area (Å²) in [6.45, 7) is 5.11. The van der Waals surface area contributed by atoms with Crippen LogP contribution in [0.1, 0.15) is 13.8 Å². The topological polar surface area (TPSA) is 45.2 Å². The SMILES string of the molecule is CC1(C)C(=O)NCCN1c1ncc(Cl)cc1Br. The maximum Gasteiger partial charge on any atom is 0.245 e. The molecule has 0 bridgehead atoms. The van der Waals surface area contributed by atoms with Gasteiger partial charge in [0, 0.05) is 19.3 Å². The highest BCUT2D eigenvalue weighted by atomic mass is 79.9. The maximum absolute atomic E-state index is 11.9. The van der Waals surface area contributed by atoms with Gasteiger partial charge < -0.3 is 10.2 Å². The summed E-state index contributed by atoms with van der Waals surface area (Å²) in [5, 5.41) is 3.42. The number of carbonyl (C=O) groups excluding carboxylic acids is 1. The molecular weight excluding hydrogens is 305 g/mol. The average Bonchev–Trinajstić information content (AvgIpc) is 2.23. The molecule has 0 radical (unpaired) electrons. The van der Waals surface area contributed by atoms with Crippen molar-refractivity contribution in [2.24, 2.45) is 0 Å². The van der Waals surface area contributed by atoms with E-state index in [1.807, 2.05) is 18.7 Å². The molecule has 1 aliphatic rings. The van der Waals surface area contributed by atoms with Crippen molar-refractivity contribution in [3.8, 4) is 0 Å². The summed E-state index contributed by atoms with van der Waals surface area (Å²) in [5.41, 5.74) is -0.610. The van der Waals surface area contributed by atoms with Gasteiger partial charge in [-0.3, -0.25) is 4.79 Å². The largest absolute Gasteiger partial charge is 0.352 e. The van der Waals surface area contributed by atoms with Gasteiger partial charge >= 0.3 is 0 Å². The second kappa shape index (κ2) is 4.46. The van der Waals surface area contributed by atoms with Crippen LogP contribution in [0.4, 0.5) is 5.82 Å². The standard InChI is InChI=1S/C11H13BrClN3O/c1-11(2)10(17)14-3-4-16(11)9-8(12)5-7(13)6-15-9/h5-6H,3-4H2,1-2H3,(H,14,17). The second-order valence-electron chi connectivity index (χ2n) is 4.43. The lowest BCUT2D eigenvalue weighted by molar-refractivity contribution is -0.126. The molecule has 2 rings (SSSR count). The summed E-state index contributed by atoms with van der Waals surface area (Å²) < 4.78 is 0.799. The Labute approximate surface area is 113 Å². The molecule has 0 saturated carbocycles. The Kier molecular flexibility index (Phi) is 3.32. The molecule has 1 aromatic rings. The quantitative estimate of drug-likeness (QED) is 0.863. The molecule has 1 aromatic heterocycles. The number of rotatable bonds is 1. The molecule has 17 heavy (non-hydrogen) atoms. The van der Waals surface area contributed by atoms with E-state index in [0.29, 0.717) is 11.6 Å². The van der Waals surface area contributed by atoms with E-state index in [0.717, 1.165) is 16.8 Å². The highest BCUT2D eigenvalue weighted by Gasteiger charge is 2.39. The van der Waals surface area contributed by atoms with E-state index in [1.54, 1.807) is 12.3 Å². The van der Waals surface area contributed by atoms with E-state index in [2.05, 4.69) is 26.2 Å². The molecule has 6 heteroatoms. The third-order valence-electron chi connectivity index (χ3n) is 2.90. The summed E-state index contributed by atoms with van der Waals surface area (Å²) in [6, 6.07) is 1.78. The van der Waals surface area contributed by atoms with E-state index in [1.165, 1.54) is 0 Å². The highest BCUT2D eigenvalue weighted by molar-refractivity contribution is 9.10. The van der Waals surface area contributed by atoms with Crippen LogP contribution in [0.15, 0.2) is 16.7 Å². The minimum absolute atomic E-state index is 0.00685. The van der Waals surface area contributed by atoms with Crippen LogP contribution in [-0.2, 0) is 4.79 Å². The number of nitrogens with zero attached hydrogens (tertiary/aromatic N) is 2. The lowest BCUT2D eigenvalue weighted by Crippen LogP contribution is -2.62. The van der Waals surface area contributed by atoms with Crippen LogP contribution in [0.25, 0.3) is 0 Å². The molecule has 92 valence electrons. The van der Waals surface area contributed by atoms with E-state index >= 15 is 0 Å². The Morgan fingerprint density at radius 3 is 2.94 bits per heavy atom. The van der Waals surface area contributed by atoms with Crippen molar-refractivity contribution in [2.45, 2.75) is 19.4 Å². The van der Waals surface area contributed by atoms with Crippen molar-refractivity contribution in [1.29, 1.82) is 0 Å². The number of carbonyl (C=O) groups is 1. The van der Waals surface area contributed by atoms with Crippen LogP contribution in [0, 0.1) is 0 Å². The van der Waals surface area contributed by atoms with Crippen LogP contribution in [0.2, 0.25) is 5.02 Å². The molecule has 0 spiro atoms. The fourth-order valence-corrected chi connectivity index (χ4v) is 2.73. The highest BCUT2D eigenvalue weighted by Crippen LogP contribution is 2.32. The smallest absolute Gasteiger partial charge is 0.245 e. The number of anilines is 1. The van der Waals surface area contributed by atoms with Crippen LogP contribution in [0.3, 0.4) is 0 Å². The maximum atomic E-state index is 11.9. The van der Waals surface area contributed by atoms with E-state index in [9.17, 15) is 4.79 Å². The summed E-state index contributed by atoms with van der Waals surface area (Å²) >= 11 is 9.30. The zero-order valence-corrected chi connectivity index (χ0v) is 12.0. The summed E-state index contributed by atoms with van der Waals surface area (Å²) in [4.78, 5) is 18.1. The number of halogens is 2. The molecular formula is C11H13BrClN3O. The number of nitrogens with one attached hydrogen (secondary N) is 1. The monoisotopic (exact) mass is 317 g/mol. The minimum atomic E-state index is -0.610. The molecule has 1 amide bonds. The van der Waals surface area contributed by atoms with Gasteiger partial charge in [-0.1, -0.05) is 11.6 Å². The van der Waals surface area contributed by atoms with Gasteiger partial charge in [0.25, 0.3) is 0 Å². The molecule has 4 nitrogen and oxygen atoms in total. The van der Waals surface area contributed by atoms with Crippen molar-refractivity contribution in [3.63, 3.8) is 0 Å². The molecule has 1 saturated heterocycles. The third-order valence-corrected chi connectivity index (χ3v) is 3.69. The number of aromatic nitrogens is 1. The fraction of sp³-hybridized carbons (Fsp3) is 0.455. The zero-order valence-electron chi connectivity index (χ0n) is 9.63. The predicted octanol–water partition coefficient (Wildman–Crippen LogP) is 2.21. The molecule has 0 aliphatic carbocycles. The van der Waals surface area contributed by atoms with Gasteiger partial charge in [-0.05, 0) is 35.8 Å². The third kappa shape index (κ3) is 2.26. The van der Waals surface area contributed by atoms with Gasteiger partial charge in [-0.2, -0.15) is 0 Å². The molecule has 1 fully saturated rings. The summed E-state index contributed by atoms with van der Waals surface area (Å²) in [6.07, 6.45) is 1.59. The first-order valence-electron chi connectivity index (χ1n) is 5.30. The first-order valence-corrected chi connectivity index (χ1v) is 6.47. The number of hydrogen-bond donors (Lipinski definition) is 1. The lowest BCUT2D eigenvalue weighted by atomic mass is 9.99. The average molecular weight is 319 g/mol. The Morgan fingerprint density at radius 2 is 2.29 bits per heavy atom. The van der Waals surface area contributed by atoms with E-state index in [4.69, 9.17) is 11.6 Å². The van der Waals surface area contributed by atoms with Crippen molar-refractivity contribution >= 4 is 39.3 Å². The first-order chi connectivity index (χ1) is 7.93.